The number of halogens is 1. The van der Waals surface area contributed by atoms with E-state index in [1.807, 2.05) is 0 Å². The van der Waals surface area contributed by atoms with Gasteiger partial charge in [0.25, 0.3) is 0 Å². The van der Waals surface area contributed by atoms with Crippen molar-refractivity contribution < 1.29 is 73.1 Å². The zero-order chi connectivity index (χ0) is 2.00. The van der Waals surface area contributed by atoms with Crippen LogP contribution in [-0.2, 0) is 0 Å². The van der Waals surface area contributed by atoms with Crippen molar-refractivity contribution >= 4 is 28.1 Å². The van der Waals surface area contributed by atoms with Gasteiger partial charge in [-0.25, -0.2) is 0 Å². The zero-order valence-corrected chi connectivity index (χ0v) is 8.24. The summed E-state index contributed by atoms with van der Waals surface area (Å²) in [5.74, 6) is 0. The van der Waals surface area contributed by atoms with E-state index in [4.69, 9.17) is 0 Å². The molecule has 0 saturated heterocycles. The Bertz CT molecular complexity index is 13.5. The van der Waals surface area contributed by atoms with E-state index in [9.17, 15) is 0 Å². The summed E-state index contributed by atoms with van der Waals surface area (Å²) in [6, 6.07) is 0. The molecule has 0 heterocycles. The minimum atomic E-state index is 0. The number of hydrogen-bond acceptors (Lipinski definition) is 0. The fourth-order valence-electron chi connectivity index (χ4n) is 0. The van der Waals surface area contributed by atoms with Crippen molar-refractivity contribution in [1.82, 2.24) is 0 Å². The Balaban J connectivity index is -0.000000000833. The largest absolute Gasteiger partial charge is 1.00 e. The smallest absolute Gasteiger partial charge is 1.00 e. The Labute approximate surface area is 98.7 Å². The molecule has 0 aromatic heterocycles. The molecule has 4 heavy (non-hydrogen) atoms. The van der Waals surface area contributed by atoms with Crippen molar-refractivity contribution in [1.29, 1.82) is 0 Å². The summed E-state index contributed by atoms with van der Waals surface area (Å²) >= 11 is 1.65. The van der Waals surface area contributed by atoms with Crippen LogP contribution in [-0.4, -0.2) is 5.70 Å². The summed E-state index contributed by atoms with van der Waals surface area (Å²) in [6.45, 7) is 0. The second-order valence-electron chi connectivity index (χ2n) is 0. The predicted octanol–water partition coefficient (Wildman–Crippen LogP) is -5.26. The van der Waals surface area contributed by atoms with Gasteiger partial charge in [-0.05, 0) is 0 Å². The molecule has 0 aliphatic rings. The zero-order valence-electron chi connectivity index (χ0n) is 4.96. The maximum absolute atomic E-state index is 4.47. The molecular weight excluding hydrogens is 184 g/mol. The molecule has 0 atom stereocenters. The van der Waals surface area contributed by atoms with E-state index in [0.717, 1.165) is 0 Å². The van der Waals surface area contributed by atoms with E-state index in [1.165, 1.54) is 0 Å². The first-order chi connectivity index (χ1) is 1.00. The average molecular weight is 186 g/mol. The first-order valence-corrected chi connectivity index (χ1v) is 1.46. The van der Waals surface area contributed by atoms with Gasteiger partial charge in [-0.15, -0.1) is 0 Å². The Kier molecular flexibility index (Phi) is 65.4. The van der Waals surface area contributed by atoms with E-state index in [1.54, 1.807) is 22.4 Å². The average Bonchev–Trinajstić information content (AvgIpc) is 1.00. The summed E-state index contributed by atoms with van der Waals surface area (Å²) in [4.78, 5) is 0. The fraction of sp³-hybridized carbons (Fsp3) is 0. The Morgan fingerprint density at radius 2 is 1.50 bits per heavy atom. The second kappa shape index (κ2) is 16.6. The van der Waals surface area contributed by atoms with Gasteiger partial charge in [-0.1, -0.05) is 0 Å². The van der Waals surface area contributed by atoms with Crippen LogP contribution in [0.25, 0.3) is 0 Å². The molecule has 0 aromatic carbocycles. The Hall–Kier alpha value is 3.03. The van der Waals surface area contributed by atoms with Crippen LogP contribution in [0.4, 0.5) is 0 Å². The van der Waals surface area contributed by atoms with Gasteiger partial charge in [-0.2, -0.15) is 22.4 Å². The SMILES string of the molecule is [B]I.[H-].[H-].[K+].[Li+]. The molecule has 0 aromatic rings. The molecule has 2 radical (unpaired) electrons. The van der Waals surface area contributed by atoms with E-state index in [2.05, 4.69) is 5.70 Å². The van der Waals surface area contributed by atoms with Crippen molar-refractivity contribution in [3.05, 3.63) is 0 Å². The van der Waals surface area contributed by atoms with Crippen LogP contribution in [0.2, 0.25) is 0 Å². The standard InChI is InChI=1S/BI.K.Li.2H/c1-2;;;;/q;2*+1;2*-1. The monoisotopic (exact) mass is 186 g/mol. The molecule has 0 rings (SSSR count). The van der Waals surface area contributed by atoms with E-state index >= 15 is 0 Å². The van der Waals surface area contributed by atoms with Gasteiger partial charge < -0.3 is 2.85 Å². The van der Waals surface area contributed by atoms with Crippen LogP contribution >= 0.6 is 22.4 Å². The molecule has 0 bridgehead atoms. The van der Waals surface area contributed by atoms with Gasteiger partial charge in [0.2, 0.25) is 0 Å². The van der Waals surface area contributed by atoms with E-state index in [-0.39, 0.29) is 73.1 Å². The molecule has 14 valence electrons. The van der Waals surface area contributed by atoms with Crippen LogP contribution in [0.15, 0.2) is 0 Å². The third kappa shape index (κ3) is 8.90. The van der Waals surface area contributed by atoms with Gasteiger partial charge in [-0.3, -0.25) is 0 Å². The van der Waals surface area contributed by atoms with Gasteiger partial charge in [0.1, 0.15) is 0 Å². The predicted molar refractivity (Wildman–Crippen MR) is 22.0 cm³/mol. The maximum atomic E-state index is 4.47. The summed E-state index contributed by atoms with van der Waals surface area (Å²) in [6.07, 6.45) is 0. The molecule has 0 fully saturated rings. The maximum Gasteiger partial charge on any atom is 1.00 e. The van der Waals surface area contributed by atoms with Crippen LogP contribution in [0, 0.1) is 0 Å². The van der Waals surface area contributed by atoms with Gasteiger partial charge in [0.15, 0.2) is 5.70 Å². The van der Waals surface area contributed by atoms with Crippen molar-refractivity contribution in [3.8, 4) is 0 Å². The summed E-state index contributed by atoms with van der Waals surface area (Å²) in [5, 5.41) is 0. The van der Waals surface area contributed by atoms with Crippen molar-refractivity contribution in [3.63, 3.8) is 0 Å². The molecule has 4 heteroatoms. The molecule has 0 amide bonds. The van der Waals surface area contributed by atoms with Crippen LogP contribution in [0.5, 0.6) is 0 Å². The Morgan fingerprint density at radius 3 is 1.50 bits per heavy atom. The molecule has 0 N–H and O–H groups in total. The van der Waals surface area contributed by atoms with Crippen LogP contribution < -0.4 is 70.2 Å². The first kappa shape index (κ1) is 15.7. The number of rotatable bonds is 0. The summed E-state index contributed by atoms with van der Waals surface area (Å²) in [5.41, 5.74) is 4.47. The van der Waals surface area contributed by atoms with Crippen molar-refractivity contribution in [2.45, 2.75) is 0 Å². The minimum absolute atomic E-state index is 0. The fourth-order valence-corrected chi connectivity index (χ4v) is 0. The topological polar surface area (TPSA) is 0 Å². The summed E-state index contributed by atoms with van der Waals surface area (Å²) < 4.78 is 0. The molecule has 0 saturated carbocycles. The quantitative estimate of drug-likeness (QED) is 0.262. The van der Waals surface area contributed by atoms with Crippen LogP contribution in [0.1, 0.15) is 2.85 Å². The van der Waals surface area contributed by atoms with Crippen LogP contribution in [0.3, 0.4) is 0 Å². The van der Waals surface area contributed by atoms with E-state index < -0.39 is 0 Å². The summed E-state index contributed by atoms with van der Waals surface area (Å²) in [7, 11) is 0. The molecular formula is H2BIKLi. The van der Waals surface area contributed by atoms with Crippen molar-refractivity contribution in [2.75, 3.05) is 0 Å². The Morgan fingerprint density at radius 1 is 1.50 bits per heavy atom. The minimum Gasteiger partial charge on any atom is -1.00 e. The molecule has 0 aliphatic heterocycles. The molecule has 0 nitrogen and oxygen atoms in total. The van der Waals surface area contributed by atoms with E-state index in [0.29, 0.717) is 0 Å². The molecule has 0 aliphatic carbocycles. The van der Waals surface area contributed by atoms with Gasteiger partial charge in [0.05, 0.1) is 0 Å². The third-order valence-electron chi connectivity index (χ3n) is 0. The second-order valence-corrected chi connectivity index (χ2v) is 0. The molecule has 0 unspecified atom stereocenters. The third-order valence-corrected chi connectivity index (χ3v) is 0. The normalized spacial score (nSPS) is 1.25. The first-order valence-electron chi connectivity index (χ1n) is 0.218. The number of hydrogen-bond donors (Lipinski definition) is 0. The van der Waals surface area contributed by atoms with Gasteiger partial charge in [0, 0.05) is 0 Å². The van der Waals surface area contributed by atoms with Gasteiger partial charge >= 0.3 is 70.2 Å². The molecule has 0 spiro atoms. The van der Waals surface area contributed by atoms with Crippen molar-refractivity contribution in [2.24, 2.45) is 0 Å².